The zero-order valence-electron chi connectivity index (χ0n) is 15.3. The fourth-order valence-electron chi connectivity index (χ4n) is 3.63. The average molecular weight is 408 g/mol. The molecule has 0 bridgehead atoms. The highest BCUT2D eigenvalue weighted by molar-refractivity contribution is 7.92. The van der Waals surface area contributed by atoms with Gasteiger partial charge in [0.05, 0.1) is 20.9 Å². The van der Waals surface area contributed by atoms with Crippen LogP contribution < -0.4 is 4.90 Å². The Labute approximate surface area is 164 Å². The maximum Gasteiger partial charge on any atom is 0.182 e. The first-order valence-electron chi connectivity index (χ1n) is 9.00. The number of nitrogens with one attached hydrogen (secondary N) is 1. The summed E-state index contributed by atoms with van der Waals surface area (Å²) < 4.78 is 31.5. The predicted molar refractivity (Wildman–Crippen MR) is 107 cm³/mol. The van der Waals surface area contributed by atoms with Gasteiger partial charge in [-0.3, -0.25) is 5.10 Å². The number of fused-ring (bicyclic) bond motifs is 1. The van der Waals surface area contributed by atoms with Crippen LogP contribution in [0.25, 0.3) is 6.08 Å². The number of ether oxygens (including phenoxy) is 1. The van der Waals surface area contributed by atoms with Crippen molar-refractivity contribution in [2.75, 3.05) is 24.7 Å². The Kier molecular flexibility index (Phi) is 4.78. The molecule has 0 radical (unpaired) electrons. The minimum atomic E-state index is -3.50. The molecule has 1 saturated heterocycles. The van der Waals surface area contributed by atoms with Gasteiger partial charge < -0.3 is 9.64 Å². The molecule has 1 aromatic heterocycles. The Bertz CT molecular complexity index is 1010. The lowest BCUT2D eigenvalue weighted by atomic mass is 10.1. The lowest BCUT2D eigenvalue weighted by Crippen LogP contribution is -2.29. The lowest BCUT2D eigenvalue weighted by molar-refractivity contribution is 0.0983. The highest BCUT2D eigenvalue weighted by Crippen LogP contribution is 2.39. The number of benzene rings is 1. The molecule has 2 aromatic rings. The van der Waals surface area contributed by atoms with E-state index in [0.29, 0.717) is 32.6 Å². The minimum Gasteiger partial charge on any atom is -0.381 e. The third-order valence-electron chi connectivity index (χ3n) is 5.35. The van der Waals surface area contributed by atoms with Gasteiger partial charge in [0.2, 0.25) is 0 Å². The highest BCUT2D eigenvalue weighted by Gasteiger charge is 2.32. The first-order chi connectivity index (χ1) is 12.9. The summed E-state index contributed by atoms with van der Waals surface area (Å²) in [5, 5.41) is 7.22. The van der Waals surface area contributed by atoms with Crippen LogP contribution in [-0.2, 0) is 14.6 Å². The summed E-state index contributed by atoms with van der Waals surface area (Å²) in [7, 11) is -3.50. The summed E-state index contributed by atoms with van der Waals surface area (Å²) >= 11 is 6.47. The van der Waals surface area contributed by atoms with E-state index in [1.54, 1.807) is 12.1 Å². The first-order valence-corrected chi connectivity index (χ1v) is 10.9. The molecule has 4 rings (SSSR count). The summed E-state index contributed by atoms with van der Waals surface area (Å²) in [6, 6.07) is 3.44. The molecule has 8 heteroatoms. The van der Waals surface area contributed by atoms with Crippen molar-refractivity contribution >= 4 is 39.0 Å². The SMILES string of the molecule is Cc1[nH]nc(N2CC=Cc3cc(S(=O)(=O)C4CCOCC4)c(Cl)cc32)c1C. The molecule has 0 amide bonds. The van der Waals surface area contributed by atoms with Crippen LogP contribution in [0.5, 0.6) is 0 Å². The van der Waals surface area contributed by atoms with Gasteiger partial charge in [-0.15, -0.1) is 0 Å². The van der Waals surface area contributed by atoms with E-state index in [1.165, 1.54) is 0 Å². The molecule has 1 fully saturated rings. The number of nitrogens with zero attached hydrogens (tertiary/aromatic N) is 2. The van der Waals surface area contributed by atoms with Gasteiger partial charge in [-0.25, -0.2) is 8.42 Å². The number of aromatic amines is 1. The van der Waals surface area contributed by atoms with Crippen LogP contribution in [0.2, 0.25) is 5.02 Å². The molecule has 1 aromatic carbocycles. The molecule has 2 aliphatic rings. The summed E-state index contributed by atoms with van der Waals surface area (Å²) in [5.74, 6) is 0.828. The normalized spacial score (nSPS) is 18.0. The van der Waals surface area contributed by atoms with E-state index in [1.807, 2.05) is 30.9 Å². The molecular formula is C19H22ClN3O3S. The summed E-state index contributed by atoms with van der Waals surface area (Å²) in [5.41, 5.74) is 3.76. The van der Waals surface area contributed by atoms with Crippen molar-refractivity contribution < 1.29 is 13.2 Å². The van der Waals surface area contributed by atoms with Crippen LogP contribution in [0.1, 0.15) is 29.7 Å². The van der Waals surface area contributed by atoms with Gasteiger partial charge in [-0.2, -0.15) is 5.10 Å². The Morgan fingerprint density at radius 2 is 2.00 bits per heavy atom. The third kappa shape index (κ3) is 3.17. The van der Waals surface area contributed by atoms with Gasteiger partial charge in [0.25, 0.3) is 0 Å². The van der Waals surface area contributed by atoms with Crippen molar-refractivity contribution in [1.29, 1.82) is 0 Å². The van der Waals surface area contributed by atoms with Crippen molar-refractivity contribution in [3.63, 3.8) is 0 Å². The van der Waals surface area contributed by atoms with E-state index in [0.717, 1.165) is 28.3 Å². The van der Waals surface area contributed by atoms with E-state index in [4.69, 9.17) is 16.3 Å². The number of rotatable bonds is 3. The van der Waals surface area contributed by atoms with Gasteiger partial charge in [0.15, 0.2) is 15.7 Å². The second-order valence-electron chi connectivity index (χ2n) is 7.01. The van der Waals surface area contributed by atoms with E-state index in [9.17, 15) is 8.42 Å². The largest absolute Gasteiger partial charge is 0.381 e. The maximum atomic E-state index is 13.1. The van der Waals surface area contributed by atoms with Gasteiger partial charge in [-0.1, -0.05) is 23.8 Å². The molecule has 1 N–H and O–H groups in total. The third-order valence-corrected chi connectivity index (χ3v) is 8.08. The zero-order valence-corrected chi connectivity index (χ0v) is 16.9. The van der Waals surface area contributed by atoms with Gasteiger partial charge in [0.1, 0.15) is 0 Å². The molecule has 2 aliphatic heterocycles. The monoisotopic (exact) mass is 407 g/mol. The van der Waals surface area contributed by atoms with E-state index < -0.39 is 15.1 Å². The molecule has 3 heterocycles. The number of hydrogen-bond donors (Lipinski definition) is 1. The fraction of sp³-hybridized carbons (Fsp3) is 0.421. The number of H-pyrrole nitrogens is 1. The number of sulfone groups is 1. The van der Waals surface area contributed by atoms with Crippen LogP contribution in [0.4, 0.5) is 11.5 Å². The molecule has 27 heavy (non-hydrogen) atoms. The lowest BCUT2D eigenvalue weighted by Gasteiger charge is -2.28. The molecule has 0 spiro atoms. The quantitative estimate of drug-likeness (QED) is 0.837. The average Bonchev–Trinajstić information content (AvgIpc) is 3.00. The molecule has 144 valence electrons. The second-order valence-corrected chi connectivity index (χ2v) is 9.61. The summed E-state index contributed by atoms with van der Waals surface area (Å²) in [6.45, 7) is 5.58. The van der Waals surface area contributed by atoms with Crippen LogP contribution in [0.15, 0.2) is 23.1 Å². The van der Waals surface area contributed by atoms with Crippen molar-refractivity contribution in [2.24, 2.45) is 0 Å². The summed E-state index contributed by atoms with van der Waals surface area (Å²) in [6.07, 6.45) is 4.96. The van der Waals surface area contributed by atoms with E-state index >= 15 is 0 Å². The second kappa shape index (κ2) is 6.96. The van der Waals surface area contributed by atoms with Crippen molar-refractivity contribution in [2.45, 2.75) is 36.8 Å². The van der Waals surface area contributed by atoms with Gasteiger partial charge in [0, 0.05) is 31.0 Å². The molecule has 0 unspecified atom stereocenters. The standard InChI is InChI=1S/C19H22ClN3O3S/c1-12-13(2)21-22-19(12)23-7-3-4-14-10-18(16(20)11-17(14)23)27(24,25)15-5-8-26-9-6-15/h3-4,10-11,15H,5-9H2,1-2H3,(H,21,22). The van der Waals surface area contributed by atoms with Crippen molar-refractivity contribution in [3.8, 4) is 0 Å². The van der Waals surface area contributed by atoms with Crippen molar-refractivity contribution in [1.82, 2.24) is 10.2 Å². The van der Waals surface area contributed by atoms with E-state index in [-0.39, 0.29) is 9.92 Å². The van der Waals surface area contributed by atoms with Crippen LogP contribution in [0.3, 0.4) is 0 Å². The molecule has 0 aliphatic carbocycles. The number of anilines is 2. The minimum absolute atomic E-state index is 0.205. The Hall–Kier alpha value is -1.83. The van der Waals surface area contributed by atoms with E-state index in [2.05, 4.69) is 10.2 Å². The Morgan fingerprint density at radius 1 is 1.26 bits per heavy atom. The smallest absolute Gasteiger partial charge is 0.182 e. The highest BCUT2D eigenvalue weighted by atomic mass is 35.5. The van der Waals surface area contributed by atoms with Gasteiger partial charge >= 0.3 is 0 Å². The number of aryl methyl sites for hydroxylation is 1. The fourth-order valence-corrected chi connectivity index (χ4v) is 5.90. The Balaban J connectivity index is 1.77. The van der Waals surface area contributed by atoms with Crippen LogP contribution >= 0.6 is 11.6 Å². The topological polar surface area (TPSA) is 75.3 Å². The zero-order chi connectivity index (χ0) is 19.2. The Morgan fingerprint density at radius 3 is 2.67 bits per heavy atom. The number of hydrogen-bond acceptors (Lipinski definition) is 5. The van der Waals surface area contributed by atoms with Crippen molar-refractivity contribution in [3.05, 3.63) is 40.1 Å². The van der Waals surface area contributed by atoms with Crippen LogP contribution in [0, 0.1) is 13.8 Å². The number of aromatic nitrogens is 2. The number of halogens is 1. The van der Waals surface area contributed by atoms with Gasteiger partial charge in [-0.05, 0) is 44.4 Å². The summed E-state index contributed by atoms with van der Waals surface area (Å²) in [4.78, 5) is 2.25. The molecule has 0 saturated carbocycles. The van der Waals surface area contributed by atoms with Crippen LogP contribution in [-0.4, -0.2) is 43.6 Å². The maximum absolute atomic E-state index is 13.1. The predicted octanol–water partition coefficient (Wildman–Crippen LogP) is 3.80. The molecule has 0 atom stereocenters. The molecule has 6 nitrogen and oxygen atoms in total. The molecular weight excluding hydrogens is 386 g/mol. The first kappa shape index (κ1) is 18.5.